The van der Waals surface area contributed by atoms with Crippen LogP contribution >= 0.6 is 49.9 Å². The maximum absolute atomic E-state index is 9.68. The summed E-state index contributed by atoms with van der Waals surface area (Å²) in [7, 11) is 0. The molecule has 0 saturated heterocycles. The first-order valence-electron chi connectivity index (χ1n) is 3.24. The summed E-state index contributed by atoms with van der Waals surface area (Å²) in [6, 6.07) is 3.99. The predicted molar refractivity (Wildman–Crippen MR) is 63.9 cm³/mol. The Balaban J connectivity index is 2.94. The van der Waals surface area contributed by atoms with E-state index in [4.69, 9.17) is 0 Å². The Morgan fingerprint density at radius 2 is 2.25 bits per heavy atom. The van der Waals surface area contributed by atoms with E-state index in [0.717, 1.165) is 18.1 Å². The number of phenols is 1. The summed E-state index contributed by atoms with van der Waals surface area (Å²) in [5.74, 6) is 0.346. The van der Waals surface area contributed by atoms with Crippen molar-refractivity contribution in [3.8, 4) is 5.75 Å². The van der Waals surface area contributed by atoms with Crippen LogP contribution in [-0.4, -0.2) is 5.11 Å². The summed E-state index contributed by atoms with van der Waals surface area (Å²) in [4.78, 5) is 0. The van der Waals surface area contributed by atoms with E-state index in [1.165, 1.54) is 0 Å². The van der Waals surface area contributed by atoms with Crippen LogP contribution in [0.4, 0.5) is 0 Å². The van der Waals surface area contributed by atoms with Gasteiger partial charge in [-0.25, -0.2) is 0 Å². The first-order chi connectivity index (χ1) is 5.70. The van der Waals surface area contributed by atoms with Gasteiger partial charge in [-0.3, -0.25) is 0 Å². The Kier molecular flexibility index (Phi) is 2.31. The summed E-state index contributed by atoms with van der Waals surface area (Å²) in [6.07, 6.45) is 0. The molecule has 1 nitrogen and oxygen atoms in total. The third-order valence-electron chi connectivity index (χ3n) is 1.63. The van der Waals surface area contributed by atoms with Crippen LogP contribution in [0.2, 0.25) is 0 Å². The van der Waals surface area contributed by atoms with Crippen molar-refractivity contribution in [2.75, 3.05) is 0 Å². The maximum Gasteiger partial charge on any atom is 0.139 e. The Morgan fingerprint density at radius 1 is 1.50 bits per heavy atom. The van der Waals surface area contributed by atoms with Crippen molar-refractivity contribution in [2.24, 2.45) is 0 Å². The smallest absolute Gasteiger partial charge is 0.139 e. The van der Waals surface area contributed by atoms with Gasteiger partial charge in [-0.15, -0.1) is 11.3 Å². The number of benzene rings is 1. The van der Waals surface area contributed by atoms with Gasteiger partial charge in [-0.1, -0.05) is 0 Å². The number of halogens is 2. The molecule has 4 heteroatoms. The van der Waals surface area contributed by atoms with Crippen molar-refractivity contribution in [2.45, 2.75) is 0 Å². The molecule has 62 valence electrons. The third kappa shape index (κ3) is 1.25. The first kappa shape index (κ1) is 8.77. The molecule has 0 aliphatic rings. The summed E-state index contributed by atoms with van der Waals surface area (Å²) in [6.45, 7) is 0. The second-order valence-corrected chi connectivity index (χ2v) is 5.26. The molecule has 0 bridgehead atoms. The largest absolute Gasteiger partial charge is 0.506 e. The highest BCUT2D eigenvalue weighted by Crippen LogP contribution is 2.38. The topological polar surface area (TPSA) is 20.2 Å². The van der Waals surface area contributed by atoms with E-state index in [9.17, 15) is 5.11 Å². The van der Waals surface area contributed by atoms with Crippen molar-refractivity contribution in [1.29, 1.82) is 0 Å². The van der Waals surface area contributed by atoms with Gasteiger partial charge >= 0.3 is 0 Å². The monoisotopic (exact) mass is 354 g/mol. The normalized spacial score (nSPS) is 10.8. The van der Waals surface area contributed by atoms with Gasteiger partial charge in [0, 0.05) is 13.7 Å². The van der Waals surface area contributed by atoms with E-state index in [1.54, 1.807) is 11.3 Å². The quantitative estimate of drug-likeness (QED) is 0.709. The van der Waals surface area contributed by atoms with Crippen LogP contribution in [0.5, 0.6) is 5.75 Å². The molecule has 0 fully saturated rings. The lowest BCUT2D eigenvalue weighted by molar-refractivity contribution is 0.478. The van der Waals surface area contributed by atoms with E-state index in [2.05, 4.69) is 44.6 Å². The molecular weight excluding hydrogens is 351 g/mol. The molecule has 1 aromatic carbocycles. The van der Waals surface area contributed by atoms with Crippen molar-refractivity contribution >= 4 is 59.9 Å². The SMILES string of the molecule is Oc1c(Br)c(I)cc2sccc12. The predicted octanol–water partition coefficient (Wildman–Crippen LogP) is 3.97. The number of thiophene rings is 1. The van der Waals surface area contributed by atoms with Gasteiger partial charge in [0.1, 0.15) is 5.75 Å². The van der Waals surface area contributed by atoms with E-state index in [0.29, 0.717) is 5.75 Å². The lowest BCUT2D eigenvalue weighted by atomic mass is 10.2. The summed E-state index contributed by atoms with van der Waals surface area (Å²) in [5.41, 5.74) is 0. The van der Waals surface area contributed by atoms with E-state index < -0.39 is 0 Å². The van der Waals surface area contributed by atoms with E-state index in [1.807, 2.05) is 11.4 Å². The highest BCUT2D eigenvalue weighted by Gasteiger charge is 2.08. The van der Waals surface area contributed by atoms with Gasteiger partial charge in [0.2, 0.25) is 0 Å². The standard InChI is InChI=1S/C8H4BrIOS/c9-7-5(10)3-6-4(8(7)11)1-2-12-6/h1-3,11H. The summed E-state index contributed by atoms with van der Waals surface area (Å²) >= 11 is 7.17. The molecule has 0 aliphatic carbocycles. The average molecular weight is 355 g/mol. The lowest BCUT2D eigenvalue weighted by Crippen LogP contribution is -1.75. The molecule has 2 aromatic rings. The fraction of sp³-hybridized carbons (Fsp3) is 0. The zero-order chi connectivity index (χ0) is 8.72. The highest BCUT2D eigenvalue weighted by atomic mass is 127. The molecule has 2 rings (SSSR count). The van der Waals surface area contributed by atoms with Crippen molar-refractivity contribution in [3.05, 3.63) is 25.6 Å². The number of phenolic OH excluding ortho intramolecular Hbond substituents is 1. The fourth-order valence-electron chi connectivity index (χ4n) is 1.04. The van der Waals surface area contributed by atoms with Crippen LogP contribution in [0, 0.1) is 3.57 Å². The minimum atomic E-state index is 0.346. The summed E-state index contributed by atoms with van der Waals surface area (Å²) < 4.78 is 2.95. The molecule has 1 aromatic heterocycles. The Hall–Kier alpha value is 0.190. The van der Waals surface area contributed by atoms with Crippen LogP contribution in [0.3, 0.4) is 0 Å². The van der Waals surface area contributed by atoms with Crippen LogP contribution in [0.25, 0.3) is 10.1 Å². The molecule has 0 atom stereocenters. The number of aromatic hydroxyl groups is 1. The number of fused-ring (bicyclic) bond motifs is 1. The minimum Gasteiger partial charge on any atom is -0.506 e. The highest BCUT2D eigenvalue weighted by molar-refractivity contribution is 14.1. The van der Waals surface area contributed by atoms with Crippen molar-refractivity contribution < 1.29 is 5.11 Å². The first-order valence-corrected chi connectivity index (χ1v) is 5.99. The van der Waals surface area contributed by atoms with Gasteiger partial charge in [0.25, 0.3) is 0 Å². The number of hydrogen-bond donors (Lipinski definition) is 1. The van der Waals surface area contributed by atoms with E-state index in [-0.39, 0.29) is 0 Å². The van der Waals surface area contributed by atoms with Gasteiger partial charge in [-0.05, 0) is 56.0 Å². The molecule has 1 N–H and O–H groups in total. The van der Waals surface area contributed by atoms with Crippen molar-refractivity contribution in [1.82, 2.24) is 0 Å². The van der Waals surface area contributed by atoms with Gasteiger partial charge in [0.15, 0.2) is 0 Å². The number of hydrogen-bond acceptors (Lipinski definition) is 2. The van der Waals surface area contributed by atoms with E-state index >= 15 is 0 Å². The molecular formula is C8H4BrIOS. The van der Waals surface area contributed by atoms with Gasteiger partial charge in [-0.2, -0.15) is 0 Å². The molecule has 0 spiro atoms. The van der Waals surface area contributed by atoms with Gasteiger partial charge in [0.05, 0.1) is 4.47 Å². The second kappa shape index (κ2) is 3.16. The molecule has 12 heavy (non-hydrogen) atoms. The maximum atomic E-state index is 9.68. The fourth-order valence-corrected chi connectivity index (χ4v) is 2.97. The second-order valence-electron chi connectivity index (χ2n) is 2.35. The zero-order valence-corrected chi connectivity index (χ0v) is 10.4. The number of rotatable bonds is 0. The van der Waals surface area contributed by atoms with Crippen LogP contribution in [-0.2, 0) is 0 Å². The Bertz CT molecular complexity index is 438. The molecule has 0 saturated carbocycles. The molecule has 0 aliphatic heterocycles. The molecule has 0 radical (unpaired) electrons. The Labute approximate surface area is 95.7 Å². The van der Waals surface area contributed by atoms with Crippen LogP contribution < -0.4 is 0 Å². The lowest BCUT2D eigenvalue weighted by Gasteiger charge is -2.00. The molecule has 0 amide bonds. The van der Waals surface area contributed by atoms with Gasteiger partial charge < -0.3 is 5.11 Å². The average Bonchev–Trinajstić information content (AvgIpc) is 2.48. The van der Waals surface area contributed by atoms with Crippen LogP contribution in [0.1, 0.15) is 0 Å². The Morgan fingerprint density at radius 3 is 3.00 bits per heavy atom. The zero-order valence-electron chi connectivity index (χ0n) is 5.84. The third-order valence-corrected chi connectivity index (χ3v) is 4.88. The minimum absolute atomic E-state index is 0.346. The van der Waals surface area contributed by atoms with Crippen LogP contribution in [0.15, 0.2) is 22.0 Å². The van der Waals surface area contributed by atoms with Crippen molar-refractivity contribution in [3.63, 3.8) is 0 Å². The molecule has 1 heterocycles. The molecule has 0 unspecified atom stereocenters. The summed E-state index contributed by atoms with van der Waals surface area (Å²) in [5, 5.41) is 12.6.